The Morgan fingerprint density at radius 1 is 1.34 bits per heavy atom. The zero-order chi connectivity index (χ0) is 21.2. The summed E-state index contributed by atoms with van der Waals surface area (Å²) < 4.78 is 5.65. The van der Waals surface area contributed by atoms with Gasteiger partial charge in [-0.2, -0.15) is 0 Å². The van der Waals surface area contributed by atoms with E-state index in [1.165, 1.54) is 5.06 Å². The molecule has 0 bridgehead atoms. The number of hydroxylamine groups is 2. The van der Waals surface area contributed by atoms with Gasteiger partial charge >= 0.3 is 0 Å². The highest BCUT2D eigenvalue weighted by atomic mass is 16.7. The zero-order valence-corrected chi connectivity index (χ0v) is 18.3. The van der Waals surface area contributed by atoms with Crippen LogP contribution in [0.1, 0.15) is 52.9 Å². The number of nitrogens with one attached hydrogen (secondary N) is 2. The molecule has 2 saturated heterocycles. The van der Waals surface area contributed by atoms with E-state index >= 15 is 0 Å². The Labute approximate surface area is 174 Å². The average Bonchev–Trinajstić information content (AvgIpc) is 3.26. The molecule has 4 atom stereocenters. The summed E-state index contributed by atoms with van der Waals surface area (Å²) in [6, 6.07) is -0.491. The number of amides is 2. The maximum atomic E-state index is 13.1. The first-order valence-corrected chi connectivity index (χ1v) is 10.8. The van der Waals surface area contributed by atoms with Crippen molar-refractivity contribution >= 4 is 11.8 Å². The predicted octanol–water partition coefficient (Wildman–Crippen LogP) is 2.34. The summed E-state index contributed by atoms with van der Waals surface area (Å²) in [6.07, 6.45) is 10.00. The molecule has 2 aliphatic rings. The van der Waals surface area contributed by atoms with Crippen LogP contribution in [0.4, 0.5) is 0 Å². The first-order valence-electron chi connectivity index (χ1n) is 10.8. The van der Waals surface area contributed by atoms with Gasteiger partial charge < -0.3 is 15.4 Å². The molecule has 0 aromatic rings. The molecule has 2 rings (SSSR count). The Bertz CT molecular complexity index is 593. The Balaban J connectivity index is 2.09. The van der Waals surface area contributed by atoms with Crippen molar-refractivity contribution in [2.45, 2.75) is 71.1 Å². The number of ether oxygens (including phenoxy) is 1. The number of hydrogen-bond acceptors (Lipinski definition) is 5. The second-order valence-corrected chi connectivity index (χ2v) is 7.98. The summed E-state index contributed by atoms with van der Waals surface area (Å²) >= 11 is 0. The van der Waals surface area contributed by atoms with Gasteiger partial charge in [0.15, 0.2) is 0 Å². The molecule has 0 saturated carbocycles. The van der Waals surface area contributed by atoms with E-state index < -0.39 is 6.04 Å². The third-order valence-electron chi connectivity index (χ3n) is 5.64. The van der Waals surface area contributed by atoms with Crippen molar-refractivity contribution in [3.8, 4) is 0 Å². The molecule has 164 valence electrons. The molecule has 0 aromatic carbocycles. The van der Waals surface area contributed by atoms with Crippen molar-refractivity contribution in [2.75, 3.05) is 26.8 Å². The monoisotopic (exact) mass is 407 g/mol. The number of carbonyl (C=O) groups excluding carboxylic acids is 2. The molecule has 0 spiro atoms. The molecule has 7 nitrogen and oxygen atoms in total. The second-order valence-electron chi connectivity index (χ2n) is 7.98. The molecule has 2 aliphatic heterocycles. The van der Waals surface area contributed by atoms with Crippen molar-refractivity contribution < 1.29 is 19.2 Å². The molecule has 0 aliphatic carbocycles. The second kappa shape index (κ2) is 12.1. The molecular weight excluding hydrogens is 370 g/mol. The van der Waals surface area contributed by atoms with E-state index in [0.29, 0.717) is 19.6 Å². The molecular formula is C22H37N3O4. The van der Waals surface area contributed by atoms with Gasteiger partial charge in [-0.25, -0.2) is 5.06 Å². The van der Waals surface area contributed by atoms with E-state index in [9.17, 15) is 9.59 Å². The fourth-order valence-corrected chi connectivity index (χ4v) is 3.96. The number of carbonyl (C=O) groups is 2. The lowest BCUT2D eigenvalue weighted by molar-refractivity contribution is -0.199. The van der Waals surface area contributed by atoms with Crippen LogP contribution >= 0.6 is 0 Å². The topological polar surface area (TPSA) is 79.9 Å². The van der Waals surface area contributed by atoms with Crippen LogP contribution < -0.4 is 10.6 Å². The lowest BCUT2D eigenvalue weighted by Crippen LogP contribution is -2.53. The highest BCUT2D eigenvalue weighted by molar-refractivity contribution is 5.88. The van der Waals surface area contributed by atoms with Crippen molar-refractivity contribution in [3.05, 3.63) is 23.8 Å². The smallest absolute Gasteiger partial charge is 0.268 e. The number of allylic oxidation sites excluding steroid dienone is 3. The van der Waals surface area contributed by atoms with E-state index in [1.807, 2.05) is 39.0 Å². The average molecular weight is 408 g/mol. The summed E-state index contributed by atoms with van der Waals surface area (Å²) in [5.41, 5.74) is 1.02. The van der Waals surface area contributed by atoms with Crippen LogP contribution in [0.15, 0.2) is 23.8 Å². The molecule has 0 unspecified atom stereocenters. The van der Waals surface area contributed by atoms with Gasteiger partial charge in [0.1, 0.15) is 6.04 Å². The normalized spacial score (nSPS) is 23.8. The van der Waals surface area contributed by atoms with Gasteiger partial charge in [0.25, 0.3) is 5.91 Å². The van der Waals surface area contributed by atoms with E-state index in [-0.39, 0.29) is 29.9 Å². The Hall–Kier alpha value is -1.70. The summed E-state index contributed by atoms with van der Waals surface area (Å²) in [5, 5.41) is 7.80. The van der Waals surface area contributed by atoms with E-state index in [4.69, 9.17) is 9.57 Å². The number of methoxy groups -OCH3 is 1. The molecule has 7 heteroatoms. The summed E-state index contributed by atoms with van der Waals surface area (Å²) in [4.78, 5) is 31.6. The molecule has 2 heterocycles. The Morgan fingerprint density at radius 3 is 2.72 bits per heavy atom. The maximum absolute atomic E-state index is 13.1. The van der Waals surface area contributed by atoms with Gasteiger partial charge in [-0.3, -0.25) is 14.4 Å². The van der Waals surface area contributed by atoms with Gasteiger partial charge in [0.2, 0.25) is 5.91 Å². The van der Waals surface area contributed by atoms with Gasteiger partial charge in [-0.05, 0) is 52.5 Å². The highest BCUT2D eigenvalue weighted by Gasteiger charge is 2.35. The third-order valence-corrected chi connectivity index (χ3v) is 5.64. The van der Waals surface area contributed by atoms with Crippen LogP contribution in [0.25, 0.3) is 0 Å². The van der Waals surface area contributed by atoms with Gasteiger partial charge in [-0.15, -0.1) is 0 Å². The van der Waals surface area contributed by atoms with Gasteiger partial charge in [0.05, 0.1) is 18.6 Å². The molecule has 29 heavy (non-hydrogen) atoms. The first kappa shape index (κ1) is 23.6. The lowest BCUT2D eigenvalue weighted by Gasteiger charge is -2.32. The number of hydrogen-bond donors (Lipinski definition) is 2. The number of rotatable bonds is 9. The van der Waals surface area contributed by atoms with Crippen LogP contribution in [0.2, 0.25) is 0 Å². The quantitative estimate of drug-likeness (QED) is 0.574. The van der Waals surface area contributed by atoms with Crippen LogP contribution in [-0.2, 0) is 19.2 Å². The standard InChI is InChI=1S/C22H37N3O4/c1-5-6-10-16(2)15-19(22(27)25-13-7-8-14-29-25)24-21(26)17(3)20(28-4)18-11-9-12-23-18/h5-6,10,17-20,23H,7-9,11-15H2,1-4H3,(H,24,26)/b6-5-,16-10+/t17-,18+,19+,20-/m1/s1. The minimum Gasteiger partial charge on any atom is -0.379 e. The first-order chi connectivity index (χ1) is 14.0. The predicted molar refractivity (Wildman–Crippen MR) is 113 cm³/mol. The van der Waals surface area contributed by atoms with Crippen LogP contribution in [0.3, 0.4) is 0 Å². The fraction of sp³-hybridized carbons (Fsp3) is 0.727. The largest absolute Gasteiger partial charge is 0.379 e. The Kier molecular flexibility index (Phi) is 9.84. The molecule has 0 aromatic heterocycles. The zero-order valence-electron chi connectivity index (χ0n) is 18.3. The van der Waals surface area contributed by atoms with E-state index in [0.717, 1.165) is 37.8 Å². The summed E-state index contributed by atoms with van der Waals surface area (Å²) in [5.74, 6) is -0.723. The molecule has 2 N–H and O–H groups in total. The number of nitrogens with zero attached hydrogens (tertiary/aromatic N) is 1. The lowest BCUT2D eigenvalue weighted by atomic mass is 9.95. The third kappa shape index (κ3) is 6.94. The van der Waals surface area contributed by atoms with Crippen molar-refractivity contribution in [1.29, 1.82) is 0 Å². The minimum absolute atomic E-state index is 0.164. The van der Waals surface area contributed by atoms with E-state index in [2.05, 4.69) is 10.6 Å². The van der Waals surface area contributed by atoms with Gasteiger partial charge in [0, 0.05) is 19.7 Å². The minimum atomic E-state index is -0.654. The SMILES string of the molecule is C/C=C\C=C(/C)C[C@H](NC(=O)[C@H](C)[C@@H](OC)[C@@H]1CCCN1)C(=O)N1CCCCO1. The summed E-state index contributed by atoms with van der Waals surface area (Å²) in [7, 11) is 1.64. The van der Waals surface area contributed by atoms with Crippen LogP contribution in [0, 0.1) is 5.92 Å². The van der Waals surface area contributed by atoms with Crippen LogP contribution in [0.5, 0.6) is 0 Å². The molecule has 2 amide bonds. The molecule has 0 radical (unpaired) electrons. The summed E-state index contributed by atoms with van der Waals surface area (Å²) in [6.45, 7) is 7.82. The Morgan fingerprint density at radius 2 is 2.14 bits per heavy atom. The van der Waals surface area contributed by atoms with E-state index in [1.54, 1.807) is 7.11 Å². The van der Waals surface area contributed by atoms with Crippen molar-refractivity contribution in [3.63, 3.8) is 0 Å². The fourth-order valence-electron chi connectivity index (χ4n) is 3.96. The molecule has 2 fully saturated rings. The highest BCUT2D eigenvalue weighted by Crippen LogP contribution is 2.20. The van der Waals surface area contributed by atoms with Crippen molar-refractivity contribution in [2.24, 2.45) is 5.92 Å². The maximum Gasteiger partial charge on any atom is 0.268 e. The van der Waals surface area contributed by atoms with Crippen molar-refractivity contribution in [1.82, 2.24) is 15.7 Å². The van der Waals surface area contributed by atoms with Gasteiger partial charge in [-0.1, -0.05) is 30.7 Å². The van der Waals surface area contributed by atoms with Crippen LogP contribution in [-0.4, -0.2) is 61.9 Å².